The highest BCUT2D eigenvalue weighted by atomic mass is 16.5. The van der Waals surface area contributed by atoms with E-state index in [1.807, 2.05) is 4.90 Å². The van der Waals surface area contributed by atoms with Crippen molar-refractivity contribution in [3.63, 3.8) is 0 Å². The van der Waals surface area contributed by atoms with Crippen LogP contribution in [0.5, 0.6) is 0 Å². The van der Waals surface area contributed by atoms with Crippen LogP contribution in [-0.2, 0) is 4.74 Å². The third-order valence-corrected chi connectivity index (χ3v) is 3.19. The van der Waals surface area contributed by atoms with Gasteiger partial charge in [-0.2, -0.15) is 0 Å². The molecule has 1 unspecified atom stereocenters. The Labute approximate surface area is 96.5 Å². The average Bonchev–Trinajstić information content (AvgIpc) is 2.72. The van der Waals surface area contributed by atoms with Gasteiger partial charge < -0.3 is 20.3 Å². The highest BCUT2D eigenvalue weighted by Crippen LogP contribution is 2.11. The van der Waals surface area contributed by atoms with E-state index >= 15 is 0 Å². The van der Waals surface area contributed by atoms with Crippen molar-refractivity contribution in [1.29, 1.82) is 0 Å². The van der Waals surface area contributed by atoms with Crippen LogP contribution >= 0.6 is 0 Å². The van der Waals surface area contributed by atoms with Crippen molar-refractivity contribution in [2.24, 2.45) is 5.92 Å². The highest BCUT2D eigenvalue weighted by molar-refractivity contribution is 5.76. The molecule has 0 spiro atoms. The first-order valence-electron chi connectivity index (χ1n) is 6.17. The first-order chi connectivity index (χ1) is 7.86. The molecule has 0 aromatic carbocycles. The molecule has 0 saturated carbocycles. The van der Waals surface area contributed by atoms with E-state index in [1.54, 1.807) is 0 Å². The smallest absolute Gasteiger partial charge is 0.317 e. The van der Waals surface area contributed by atoms with Crippen molar-refractivity contribution in [2.75, 3.05) is 45.9 Å². The predicted octanol–water partition coefficient (Wildman–Crippen LogP) is 0.0278. The summed E-state index contributed by atoms with van der Waals surface area (Å²) in [5, 5.41) is 6.20. The first kappa shape index (κ1) is 11.7. The van der Waals surface area contributed by atoms with Gasteiger partial charge in [0.2, 0.25) is 0 Å². The topological polar surface area (TPSA) is 53.6 Å². The Morgan fingerprint density at radius 1 is 1.56 bits per heavy atom. The maximum Gasteiger partial charge on any atom is 0.317 e. The van der Waals surface area contributed by atoms with Crippen LogP contribution < -0.4 is 10.6 Å². The van der Waals surface area contributed by atoms with E-state index in [0.717, 1.165) is 45.9 Å². The zero-order valence-corrected chi connectivity index (χ0v) is 9.71. The molecular weight excluding hydrogens is 206 g/mol. The average molecular weight is 227 g/mol. The second kappa shape index (κ2) is 6.06. The summed E-state index contributed by atoms with van der Waals surface area (Å²) in [5.41, 5.74) is 0. The normalized spacial score (nSPS) is 25.9. The van der Waals surface area contributed by atoms with Crippen molar-refractivity contribution in [1.82, 2.24) is 15.5 Å². The second-order valence-corrected chi connectivity index (χ2v) is 4.51. The molecule has 5 heteroatoms. The Morgan fingerprint density at radius 2 is 2.50 bits per heavy atom. The number of nitrogens with zero attached hydrogens (tertiary/aromatic N) is 1. The van der Waals surface area contributed by atoms with Gasteiger partial charge in [-0.1, -0.05) is 0 Å². The van der Waals surface area contributed by atoms with E-state index in [-0.39, 0.29) is 6.03 Å². The summed E-state index contributed by atoms with van der Waals surface area (Å²) in [6.07, 6.45) is 2.44. The fraction of sp³-hybridized carbons (Fsp3) is 0.909. The van der Waals surface area contributed by atoms with Crippen LogP contribution in [0.3, 0.4) is 0 Å². The zero-order valence-electron chi connectivity index (χ0n) is 9.71. The molecule has 2 rings (SSSR count). The predicted molar refractivity (Wildman–Crippen MR) is 61.4 cm³/mol. The minimum absolute atomic E-state index is 0.0720. The molecule has 2 aliphatic heterocycles. The van der Waals surface area contributed by atoms with Gasteiger partial charge in [0.05, 0.1) is 6.61 Å². The van der Waals surface area contributed by atoms with Gasteiger partial charge in [-0.15, -0.1) is 0 Å². The molecule has 5 nitrogen and oxygen atoms in total. The molecule has 0 aliphatic carbocycles. The fourth-order valence-electron chi connectivity index (χ4n) is 2.21. The Morgan fingerprint density at radius 3 is 3.19 bits per heavy atom. The van der Waals surface area contributed by atoms with Crippen molar-refractivity contribution in [3.8, 4) is 0 Å². The molecule has 0 radical (unpaired) electrons. The van der Waals surface area contributed by atoms with Crippen molar-refractivity contribution in [3.05, 3.63) is 0 Å². The maximum atomic E-state index is 11.2. The van der Waals surface area contributed by atoms with E-state index in [1.165, 1.54) is 12.8 Å². The molecule has 0 bridgehead atoms. The number of hydrogen-bond acceptors (Lipinski definition) is 3. The number of amides is 2. The van der Waals surface area contributed by atoms with Crippen LogP contribution in [0.4, 0.5) is 4.79 Å². The lowest BCUT2D eigenvalue weighted by molar-refractivity contribution is 0.0548. The summed E-state index contributed by atoms with van der Waals surface area (Å²) in [7, 11) is 0. The first-order valence-corrected chi connectivity index (χ1v) is 6.17. The van der Waals surface area contributed by atoms with Gasteiger partial charge in [0.15, 0.2) is 0 Å². The summed E-state index contributed by atoms with van der Waals surface area (Å²) >= 11 is 0. The Hall–Kier alpha value is -0.810. The second-order valence-electron chi connectivity index (χ2n) is 4.51. The molecule has 2 amide bonds. The minimum atomic E-state index is 0.0720. The fourth-order valence-corrected chi connectivity index (χ4v) is 2.21. The van der Waals surface area contributed by atoms with E-state index in [0.29, 0.717) is 5.92 Å². The number of urea groups is 1. The quantitative estimate of drug-likeness (QED) is 0.651. The van der Waals surface area contributed by atoms with Crippen LogP contribution in [0, 0.1) is 5.92 Å². The number of rotatable bonds is 5. The van der Waals surface area contributed by atoms with E-state index in [2.05, 4.69) is 10.6 Å². The molecule has 2 aliphatic rings. The van der Waals surface area contributed by atoms with Gasteiger partial charge in [0.1, 0.15) is 0 Å². The van der Waals surface area contributed by atoms with Crippen molar-refractivity contribution < 1.29 is 9.53 Å². The Balaban J connectivity index is 1.52. The van der Waals surface area contributed by atoms with Crippen molar-refractivity contribution in [2.45, 2.75) is 12.8 Å². The minimum Gasteiger partial charge on any atom is -0.381 e. The third-order valence-electron chi connectivity index (χ3n) is 3.19. The highest BCUT2D eigenvalue weighted by Gasteiger charge is 2.18. The van der Waals surface area contributed by atoms with Crippen LogP contribution in [0.1, 0.15) is 12.8 Å². The van der Waals surface area contributed by atoms with Gasteiger partial charge in [-0.25, -0.2) is 4.79 Å². The molecular formula is C11H21N3O2. The summed E-state index contributed by atoms with van der Waals surface area (Å²) in [5.74, 6) is 0.654. The van der Waals surface area contributed by atoms with Gasteiger partial charge in [0, 0.05) is 39.3 Å². The Bertz CT molecular complexity index is 229. The van der Waals surface area contributed by atoms with Gasteiger partial charge in [0.25, 0.3) is 0 Å². The number of carbonyl (C=O) groups is 1. The molecule has 2 heterocycles. The summed E-state index contributed by atoms with van der Waals surface area (Å²) in [4.78, 5) is 13.1. The summed E-state index contributed by atoms with van der Waals surface area (Å²) in [6.45, 7) is 6.13. The number of hydrogen-bond donors (Lipinski definition) is 2. The van der Waals surface area contributed by atoms with E-state index < -0.39 is 0 Å². The van der Waals surface area contributed by atoms with Crippen LogP contribution in [0.15, 0.2) is 0 Å². The molecule has 16 heavy (non-hydrogen) atoms. The molecule has 2 saturated heterocycles. The lowest BCUT2D eigenvalue weighted by atomic mass is 10.0. The largest absolute Gasteiger partial charge is 0.381 e. The van der Waals surface area contributed by atoms with Gasteiger partial charge in [-0.3, -0.25) is 0 Å². The third kappa shape index (κ3) is 3.35. The zero-order chi connectivity index (χ0) is 11.2. The molecule has 1 atom stereocenters. The van der Waals surface area contributed by atoms with Crippen LogP contribution in [-0.4, -0.2) is 56.9 Å². The number of ether oxygens (including phenoxy) is 1. The summed E-state index contributed by atoms with van der Waals surface area (Å²) in [6, 6.07) is 0.0720. The lowest BCUT2D eigenvalue weighted by Crippen LogP contribution is -2.37. The number of carbonyl (C=O) groups excluding carboxylic acids is 1. The molecule has 92 valence electrons. The lowest BCUT2D eigenvalue weighted by Gasteiger charge is -2.23. The monoisotopic (exact) mass is 227 g/mol. The molecule has 0 aromatic heterocycles. The van der Waals surface area contributed by atoms with Crippen LogP contribution in [0.25, 0.3) is 0 Å². The van der Waals surface area contributed by atoms with Gasteiger partial charge in [-0.05, 0) is 18.8 Å². The van der Waals surface area contributed by atoms with E-state index in [9.17, 15) is 4.79 Å². The molecule has 0 aromatic rings. The standard InChI is InChI=1S/C11H21N3O2/c15-11-13-4-6-14(11)5-3-12-8-10-2-1-7-16-9-10/h10,12H,1-9H2,(H,13,15). The van der Waals surface area contributed by atoms with Gasteiger partial charge >= 0.3 is 6.03 Å². The number of nitrogens with one attached hydrogen (secondary N) is 2. The summed E-state index contributed by atoms with van der Waals surface area (Å²) < 4.78 is 5.42. The Kier molecular flexibility index (Phi) is 4.42. The van der Waals surface area contributed by atoms with Crippen molar-refractivity contribution >= 4 is 6.03 Å². The SMILES string of the molecule is O=C1NCCN1CCNCC1CCCOC1. The maximum absolute atomic E-state index is 11.2. The van der Waals surface area contributed by atoms with Crippen LogP contribution in [0.2, 0.25) is 0 Å². The molecule has 2 fully saturated rings. The van der Waals surface area contributed by atoms with E-state index in [4.69, 9.17) is 4.74 Å². The molecule has 2 N–H and O–H groups in total.